The number of nitrogens with zero attached hydrogens (tertiary/aromatic N) is 1. The molecule has 0 radical (unpaired) electrons. The molecule has 1 aliphatic heterocycles. The molecule has 1 aromatic rings. The second-order valence-corrected chi connectivity index (χ2v) is 6.10. The van der Waals surface area contributed by atoms with Crippen molar-refractivity contribution >= 4 is 21.9 Å². The van der Waals surface area contributed by atoms with Gasteiger partial charge in [-0.05, 0) is 12.1 Å². The monoisotopic (exact) mass is 323 g/mol. The largest absolute Gasteiger partial charge is 0.481 e. The minimum Gasteiger partial charge on any atom is -0.481 e. The van der Waals surface area contributed by atoms with Crippen LogP contribution in [0.15, 0.2) is 29.2 Å². The van der Waals surface area contributed by atoms with Gasteiger partial charge in [-0.1, -0.05) is 12.1 Å². The molecule has 0 saturated carbocycles. The summed E-state index contributed by atoms with van der Waals surface area (Å²) in [6, 6.07) is 4.89. The minimum atomic E-state index is -5.17. The fraction of sp³-hybridized carbons (Fsp3) is 0.273. The lowest BCUT2D eigenvalue weighted by atomic mass is 10.1. The second kappa shape index (κ2) is 4.72. The van der Waals surface area contributed by atoms with E-state index in [1.54, 1.807) is 0 Å². The molecule has 10 heteroatoms. The smallest absolute Gasteiger partial charge is 0.403 e. The molecule has 2 rings (SSSR count). The third-order valence-corrected chi connectivity index (χ3v) is 4.76. The van der Waals surface area contributed by atoms with E-state index in [9.17, 15) is 31.2 Å². The van der Waals surface area contributed by atoms with E-state index in [0.717, 1.165) is 12.1 Å². The number of rotatable bonds is 3. The first-order chi connectivity index (χ1) is 9.56. The van der Waals surface area contributed by atoms with Gasteiger partial charge in [-0.15, -0.1) is 0 Å². The molecule has 6 nitrogen and oxygen atoms in total. The van der Waals surface area contributed by atoms with Crippen LogP contribution in [0.3, 0.4) is 0 Å². The zero-order chi connectivity index (χ0) is 16.0. The normalized spacial score (nSPS) is 18.4. The summed E-state index contributed by atoms with van der Waals surface area (Å²) in [7, 11) is -4.46. The highest BCUT2D eigenvalue weighted by molar-refractivity contribution is 7.90. The van der Waals surface area contributed by atoms with Gasteiger partial charge in [0, 0.05) is 0 Å². The van der Waals surface area contributed by atoms with Gasteiger partial charge in [-0.3, -0.25) is 9.59 Å². The summed E-state index contributed by atoms with van der Waals surface area (Å²) in [6.45, 7) is -1.49. The number of alkyl halides is 3. The average molecular weight is 323 g/mol. The van der Waals surface area contributed by atoms with E-state index in [0.29, 0.717) is 0 Å². The summed E-state index contributed by atoms with van der Waals surface area (Å²) in [5, 5.41) is 8.59. The van der Waals surface area contributed by atoms with Crippen LogP contribution >= 0.6 is 0 Å². The third-order valence-electron chi connectivity index (χ3n) is 2.95. The van der Waals surface area contributed by atoms with Crippen molar-refractivity contribution in [2.24, 2.45) is 5.92 Å². The van der Waals surface area contributed by atoms with Crippen molar-refractivity contribution < 1.29 is 36.3 Å². The standard InChI is InChI=1S/C11H8F3NO5S/c12-11(13,14)7(10(17)18)5-15-9(16)6-3-1-2-4-8(6)21(15,19)20/h1-4,7H,5H2,(H,17,18). The van der Waals surface area contributed by atoms with Gasteiger partial charge < -0.3 is 5.11 Å². The summed E-state index contributed by atoms with van der Waals surface area (Å²) < 4.78 is 61.9. The summed E-state index contributed by atoms with van der Waals surface area (Å²) in [5.74, 6) is -6.40. The molecule has 1 aromatic carbocycles. The van der Waals surface area contributed by atoms with Crippen LogP contribution in [-0.4, -0.2) is 42.4 Å². The molecular weight excluding hydrogens is 315 g/mol. The molecule has 1 atom stereocenters. The lowest BCUT2D eigenvalue weighted by Crippen LogP contribution is -2.43. The molecule has 0 bridgehead atoms. The molecular formula is C11H8F3NO5S. The minimum absolute atomic E-state index is 0.0516. The Balaban J connectivity index is 2.44. The highest BCUT2D eigenvalue weighted by Crippen LogP contribution is 2.34. The van der Waals surface area contributed by atoms with Crippen LogP contribution in [0, 0.1) is 5.92 Å². The number of carbonyl (C=O) groups excluding carboxylic acids is 1. The number of benzene rings is 1. The molecule has 1 heterocycles. The van der Waals surface area contributed by atoms with Crippen molar-refractivity contribution in [2.75, 3.05) is 6.54 Å². The maximum atomic E-state index is 12.6. The van der Waals surface area contributed by atoms with Crippen LogP contribution in [-0.2, 0) is 14.8 Å². The van der Waals surface area contributed by atoms with Crippen molar-refractivity contribution in [1.82, 2.24) is 4.31 Å². The predicted octanol–water partition coefficient (Wildman–Crippen LogP) is 1.09. The Kier molecular flexibility index (Phi) is 3.44. The molecule has 114 valence electrons. The van der Waals surface area contributed by atoms with Crippen molar-refractivity contribution in [3.8, 4) is 0 Å². The Morgan fingerprint density at radius 2 is 1.86 bits per heavy atom. The fourth-order valence-electron chi connectivity index (χ4n) is 1.90. The van der Waals surface area contributed by atoms with E-state index in [1.807, 2.05) is 0 Å². The van der Waals surface area contributed by atoms with Crippen molar-refractivity contribution in [1.29, 1.82) is 0 Å². The van der Waals surface area contributed by atoms with Gasteiger partial charge in [-0.2, -0.15) is 13.2 Å². The number of hydrogen-bond acceptors (Lipinski definition) is 4. The molecule has 0 saturated heterocycles. The van der Waals surface area contributed by atoms with E-state index in [4.69, 9.17) is 5.11 Å². The van der Waals surface area contributed by atoms with E-state index in [1.165, 1.54) is 12.1 Å². The Hall–Kier alpha value is -2.10. The molecule has 0 fully saturated rings. The SMILES string of the molecule is O=C(O)C(CN1C(=O)c2ccccc2S1(=O)=O)C(F)(F)F. The highest BCUT2D eigenvalue weighted by atomic mass is 32.2. The number of carbonyl (C=O) groups is 2. The lowest BCUT2D eigenvalue weighted by molar-refractivity contribution is -0.193. The Morgan fingerprint density at radius 1 is 1.29 bits per heavy atom. The number of carboxylic acid groups (broad SMARTS) is 1. The molecule has 0 spiro atoms. The molecule has 0 aliphatic carbocycles. The van der Waals surface area contributed by atoms with Gasteiger partial charge in [0.25, 0.3) is 15.9 Å². The number of hydrogen-bond donors (Lipinski definition) is 1. The van der Waals surface area contributed by atoms with Crippen LogP contribution in [0.25, 0.3) is 0 Å². The van der Waals surface area contributed by atoms with E-state index in [-0.39, 0.29) is 9.87 Å². The first-order valence-electron chi connectivity index (χ1n) is 5.52. The van der Waals surface area contributed by atoms with Gasteiger partial charge in [0.2, 0.25) is 0 Å². The predicted molar refractivity (Wildman–Crippen MR) is 61.8 cm³/mol. The van der Waals surface area contributed by atoms with Gasteiger partial charge in [0.15, 0.2) is 5.92 Å². The second-order valence-electron chi connectivity index (χ2n) is 4.27. The van der Waals surface area contributed by atoms with Crippen molar-refractivity contribution in [3.63, 3.8) is 0 Å². The molecule has 1 aliphatic rings. The first kappa shape index (κ1) is 15.3. The Morgan fingerprint density at radius 3 is 2.33 bits per heavy atom. The zero-order valence-corrected chi connectivity index (χ0v) is 11.0. The van der Waals surface area contributed by atoms with E-state index < -0.39 is 45.4 Å². The molecule has 1 N–H and O–H groups in total. The van der Waals surface area contributed by atoms with Gasteiger partial charge in [0.05, 0.1) is 12.1 Å². The number of aliphatic carboxylic acids is 1. The van der Waals surface area contributed by atoms with E-state index >= 15 is 0 Å². The van der Waals surface area contributed by atoms with Crippen LogP contribution in [0.5, 0.6) is 0 Å². The quantitative estimate of drug-likeness (QED) is 0.899. The maximum absolute atomic E-state index is 12.6. The third kappa shape index (κ3) is 2.46. The van der Waals surface area contributed by atoms with Crippen LogP contribution in [0.4, 0.5) is 13.2 Å². The highest BCUT2D eigenvalue weighted by Gasteiger charge is 2.51. The van der Waals surface area contributed by atoms with Crippen LogP contribution < -0.4 is 0 Å². The Bertz CT molecular complexity index is 713. The zero-order valence-electron chi connectivity index (χ0n) is 10.2. The average Bonchev–Trinajstić information content (AvgIpc) is 2.54. The number of halogens is 3. The van der Waals surface area contributed by atoms with Crippen LogP contribution in [0.1, 0.15) is 10.4 Å². The van der Waals surface area contributed by atoms with Crippen molar-refractivity contribution in [3.05, 3.63) is 29.8 Å². The number of sulfonamides is 1. The molecule has 0 aromatic heterocycles. The van der Waals surface area contributed by atoms with Crippen molar-refractivity contribution in [2.45, 2.75) is 11.1 Å². The molecule has 1 amide bonds. The summed E-state index contributed by atoms with van der Waals surface area (Å²) in [5.41, 5.74) is -0.274. The summed E-state index contributed by atoms with van der Waals surface area (Å²) in [4.78, 5) is 22.1. The van der Waals surface area contributed by atoms with E-state index in [2.05, 4.69) is 0 Å². The Labute approximate surface area is 116 Å². The topological polar surface area (TPSA) is 91.8 Å². The van der Waals surface area contributed by atoms with Gasteiger partial charge >= 0.3 is 12.1 Å². The van der Waals surface area contributed by atoms with Crippen LogP contribution in [0.2, 0.25) is 0 Å². The maximum Gasteiger partial charge on any atom is 0.403 e. The molecule has 1 unspecified atom stereocenters. The van der Waals surface area contributed by atoms with Gasteiger partial charge in [0.1, 0.15) is 4.90 Å². The fourth-order valence-corrected chi connectivity index (χ4v) is 3.48. The number of amides is 1. The summed E-state index contributed by atoms with van der Waals surface area (Å²) in [6.07, 6.45) is -5.17. The lowest BCUT2D eigenvalue weighted by Gasteiger charge is -2.21. The summed E-state index contributed by atoms with van der Waals surface area (Å²) >= 11 is 0. The first-order valence-corrected chi connectivity index (χ1v) is 6.96. The molecule has 21 heavy (non-hydrogen) atoms. The number of carboxylic acids is 1. The number of fused-ring (bicyclic) bond motifs is 1. The van der Waals surface area contributed by atoms with Gasteiger partial charge in [-0.25, -0.2) is 12.7 Å².